The van der Waals surface area contributed by atoms with E-state index in [4.69, 9.17) is 9.47 Å². The van der Waals surface area contributed by atoms with Crippen molar-refractivity contribution in [2.24, 2.45) is 0 Å². The standard InChI is InChI=1S/C21H26N2O4S/c1-14(20(24)23-16-8-4-3-5-9-16)27-21(25)18-10-6-7-11-19(18)26-12-17-13-28-15(2)22-17/h6-7,10-11,13-14,16H,3-5,8-9,12H2,1-2H3,(H,23,24)/t14-/m0/s1. The molecule has 1 atom stereocenters. The highest BCUT2D eigenvalue weighted by molar-refractivity contribution is 7.09. The molecule has 1 fully saturated rings. The molecule has 2 aromatic rings. The molecule has 0 saturated heterocycles. The number of nitrogens with one attached hydrogen (secondary N) is 1. The Labute approximate surface area is 169 Å². The lowest BCUT2D eigenvalue weighted by Crippen LogP contribution is -2.42. The quantitative estimate of drug-likeness (QED) is 0.708. The van der Waals surface area contributed by atoms with E-state index < -0.39 is 12.1 Å². The van der Waals surface area contributed by atoms with E-state index in [0.717, 1.165) is 36.4 Å². The first-order valence-electron chi connectivity index (χ1n) is 9.67. The highest BCUT2D eigenvalue weighted by Gasteiger charge is 2.24. The third-order valence-electron chi connectivity index (χ3n) is 4.75. The summed E-state index contributed by atoms with van der Waals surface area (Å²) in [6, 6.07) is 7.05. The monoisotopic (exact) mass is 402 g/mol. The summed E-state index contributed by atoms with van der Waals surface area (Å²) >= 11 is 1.55. The number of benzene rings is 1. The number of rotatable bonds is 7. The minimum atomic E-state index is -0.858. The third kappa shape index (κ3) is 5.55. The van der Waals surface area contributed by atoms with Gasteiger partial charge in [0.25, 0.3) is 5.91 Å². The Morgan fingerprint density at radius 1 is 1.25 bits per heavy atom. The first-order chi connectivity index (χ1) is 13.5. The van der Waals surface area contributed by atoms with Gasteiger partial charge >= 0.3 is 5.97 Å². The van der Waals surface area contributed by atoms with Crippen molar-refractivity contribution in [3.05, 3.63) is 45.9 Å². The molecule has 0 aliphatic heterocycles. The molecule has 1 heterocycles. The molecule has 1 saturated carbocycles. The van der Waals surface area contributed by atoms with Gasteiger partial charge in [0.1, 0.15) is 17.9 Å². The van der Waals surface area contributed by atoms with E-state index in [2.05, 4.69) is 10.3 Å². The maximum atomic E-state index is 12.6. The fourth-order valence-electron chi connectivity index (χ4n) is 3.23. The van der Waals surface area contributed by atoms with E-state index in [9.17, 15) is 9.59 Å². The van der Waals surface area contributed by atoms with Crippen LogP contribution in [0.3, 0.4) is 0 Å². The van der Waals surface area contributed by atoms with Gasteiger partial charge in [0.05, 0.1) is 10.7 Å². The van der Waals surface area contributed by atoms with Crippen LogP contribution in [0.2, 0.25) is 0 Å². The van der Waals surface area contributed by atoms with Crippen molar-refractivity contribution in [3.8, 4) is 5.75 Å². The Hall–Kier alpha value is -2.41. The largest absolute Gasteiger partial charge is 0.486 e. The number of para-hydroxylation sites is 1. The second-order valence-corrected chi connectivity index (χ2v) is 8.10. The van der Waals surface area contributed by atoms with Crippen molar-refractivity contribution in [2.75, 3.05) is 0 Å². The van der Waals surface area contributed by atoms with Gasteiger partial charge in [-0.1, -0.05) is 31.4 Å². The number of hydrogen-bond acceptors (Lipinski definition) is 6. The number of nitrogens with zero attached hydrogens (tertiary/aromatic N) is 1. The lowest BCUT2D eigenvalue weighted by atomic mass is 9.95. The average molecular weight is 403 g/mol. The van der Waals surface area contributed by atoms with Crippen molar-refractivity contribution in [1.29, 1.82) is 0 Å². The first kappa shape index (κ1) is 20.3. The van der Waals surface area contributed by atoms with Gasteiger partial charge < -0.3 is 14.8 Å². The van der Waals surface area contributed by atoms with E-state index in [1.54, 1.807) is 42.5 Å². The zero-order valence-electron chi connectivity index (χ0n) is 16.3. The zero-order chi connectivity index (χ0) is 19.9. The van der Waals surface area contributed by atoms with Gasteiger partial charge in [-0.05, 0) is 38.8 Å². The minimum Gasteiger partial charge on any atom is -0.486 e. The van der Waals surface area contributed by atoms with Crippen molar-refractivity contribution >= 4 is 23.2 Å². The molecule has 6 nitrogen and oxygen atoms in total. The topological polar surface area (TPSA) is 77.5 Å². The van der Waals surface area contributed by atoms with Gasteiger partial charge in [-0.25, -0.2) is 9.78 Å². The Bertz CT molecular complexity index is 814. The number of ether oxygens (including phenoxy) is 2. The summed E-state index contributed by atoms with van der Waals surface area (Å²) < 4.78 is 11.2. The van der Waals surface area contributed by atoms with Crippen LogP contribution in [0, 0.1) is 6.92 Å². The second-order valence-electron chi connectivity index (χ2n) is 7.03. The molecule has 150 valence electrons. The summed E-state index contributed by atoms with van der Waals surface area (Å²) in [6.45, 7) is 3.79. The smallest absolute Gasteiger partial charge is 0.342 e. The SMILES string of the molecule is Cc1nc(COc2ccccc2C(=O)O[C@@H](C)C(=O)NC2CCCCC2)cs1. The summed E-state index contributed by atoms with van der Waals surface area (Å²) in [5.74, 6) is -0.411. The lowest BCUT2D eigenvalue weighted by Gasteiger charge is -2.24. The molecule has 0 spiro atoms. The predicted octanol–water partition coefficient (Wildman–Crippen LogP) is 4.02. The minimum absolute atomic E-state index is 0.180. The Balaban J connectivity index is 1.57. The molecular formula is C21H26N2O4S. The third-order valence-corrected chi connectivity index (χ3v) is 5.58. The van der Waals surface area contributed by atoms with Gasteiger partial charge in [0.15, 0.2) is 6.10 Å². The molecule has 1 aromatic carbocycles. The molecule has 1 aliphatic carbocycles. The lowest BCUT2D eigenvalue weighted by molar-refractivity contribution is -0.130. The van der Waals surface area contributed by atoms with Crippen LogP contribution in [0.1, 0.15) is 60.1 Å². The van der Waals surface area contributed by atoms with Crippen molar-refractivity contribution < 1.29 is 19.1 Å². The molecular weight excluding hydrogens is 376 g/mol. The zero-order valence-corrected chi connectivity index (χ0v) is 17.1. The van der Waals surface area contributed by atoms with Gasteiger partial charge in [-0.2, -0.15) is 0 Å². The maximum absolute atomic E-state index is 12.6. The Kier molecular flexibility index (Phi) is 7.03. The normalized spacial score (nSPS) is 15.6. The number of aromatic nitrogens is 1. The van der Waals surface area contributed by atoms with Crippen molar-refractivity contribution in [1.82, 2.24) is 10.3 Å². The number of carbonyl (C=O) groups is 2. The number of thiazole rings is 1. The molecule has 1 amide bonds. The average Bonchev–Trinajstić information content (AvgIpc) is 3.12. The summed E-state index contributed by atoms with van der Waals surface area (Å²) in [5.41, 5.74) is 1.11. The molecule has 28 heavy (non-hydrogen) atoms. The number of esters is 1. The highest BCUT2D eigenvalue weighted by Crippen LogP contribution is 2.22. The molecule has 1 aromatic heterocycles. The van der Waals surface area contributed by atoms with Crippen LogP contribution in [0.25, 0.3) is 0 Å². The van der Waals surface area contributed by atoms with Gasteiger partial charge in [0.2, 0.25) is 0 Å². The fraction of sp³-hybridized carbons (Fsp3) is 0.476. The van der Waals surface area contributed by atoms with Crippen LogP contribution in [0.15, 0.2) is 29.6 Å². The molecule has 0 bridgehead atoms. The van der Waals surface area contributed by atoms with E-state index in [1.807, 2.05) is 12.3 Å². The number of hydrogen-bond donors (Lipinski definition) is 1. The molecule has 1 aliphatic rings. The second kappa shape index (κ2) is 9.68. The van der Waals surface area contributed by atoms with Crippen LogP contribution >= 0.6 is 11.3 Å². The van der Waals surface area contributed by atoms with Crippen molar-refractivity contribution in [2.45, 2.75) is 64.7 Å². The van der Waals surface area contributed by atoms with E-state index in [0.29, 0.717) is 11.3 Å². The van der Waals surface area contributed by atoms with Gasteiger partial charge in [-0.3, -0.25) is 4.79 Å². The van der Waals surface area contributed by atoms with Crippen LogP contribution in [0.4, 0.5) is 0 Å². The summed E-state index contributed by atoms with van der Waals surface area (Å²) in [7, 11) is 0. The number of amides is 1. The highest BCUT2D eigenvalue weighted by atomic mass is 32.1. The first-order valence-corrected chi connectivity index (χ1v) is 10.5. The van der Waals surface area contributed by atoms with E-state index in [-0.39, 0.29) is 18.6 Å². The summed E-state index contributed by atoms with van der Waals surface area (Å²) in [6.07, 6.45) is 4.58. The van der Waals surface area contributed by atoms with Crippen LogP contribution < -0.4 is 10.1 Å². The van der Waals surface area contributed by atoms with Crippen molar-refractivity contribution in [3.63, 3.8) is 0 Å². The van der Waals surface area contributed by atoms with E-state index >= 15 is 0 Å². The van der Waals surface area contributed by atoms with Gasteiger partial charge in [-0.15, -0.1) is 11.3 Å². The Morgan fingerprint density at radius 3 is 2.71 bits per heavy atom. The van der Waals surface area contributed by atoms with Gasteiger partial charge in [0, 0.05) is 11.4 Å². The van der Waals surface area contributed by atoms with E-state index in [1.165, 1.54) is 6.42 Å². The summed E-state index contributed by atoms with van der Waals surface area (Å²) in [4.78, 5) is 29.3. The molecule has 1 N–H and O–H groups in total. The van der Waals surface area contributed by atoms with Crippen LogP contribution in [0.5, 0.6) is 5.75 Å². The molecule has 3 rings (SSSR count). The molecule has 7 heteroatoms. The summed E-state index contributed by atoms with van der Waals surface area (Å²) in [5, 5.41) is 5.87. The van der Waals surface area contributed by atoms with Crippen LogP contribution in [-0.2, 0) is 16.1 Å². The predicted molar refractivity (Wildman–Crippen MR) is 108 cm³/mol. The number of aryl methyl sites for hydroxylation is 1. The Morgan fingerprint density at radius 2 is 2.00 bits per heavy atom. The molecule has 0 radical (unpaired) electrons. The maximum Gasteiger partial charge on any atom is 0.342 e. The molecule has 0 unspecified atom stereocenters. The van der Waals surface area contributed by atoms with Crippen LogP contribution in [-0.4, -0.2) is 29.0 Å². The number of carbonyl (C=O) groups excluding carboxylic acids is 2. The fourth-order valence-corrected chi connectivity index (χ4v) is 3.83.